The zero-order chi connectivity index (χ0) is 15.3. The zero-order valence-corrected chi connectivity index (χ0v) is 12.6. The van der Waals surface area contributed by atoms with E-state index in [-0.39, 0.29) is 5.91 Å². The third kappa shape index (κ3) is 4.37. The van der Waals surface area contributed by atoms with Crippen LogP contribution in [0, 0.1) is 12.3 Å². The van der Waals surface area contributed by atoms with Gasteiger partial charge in [0.05, 0.1) is 0 Å². The quantitative estimate of drug-likeness (QED) is 0.839. The number of carbonyl (C=O) groups is 2. The number of carboxylic acids is 1. The van der Waals surface area contributed by atoms with E-state index >= 15 is 0 Å². The molecule has 0 spiro atoms. The first kappa shape index (κ1) is 16.2. The fourth-order valence-electron chi connectivity index (χ4n) is 1.67. The average molecular weight is 277 g/mol. The summed E-state index contributed by atoms with van der Waals surface area (Å²) in [5.74, 6) is -1.23. The van der Waals surface area contributed by atoms with Crippen molar-refractivity contribution in [3.8, 4) is 0 Å². The van der Waals surface area contributed by atoms with Gasteiger partial charge in [-0.05, 0) is 18.9 Å². The highest BCUT2D eigenvalue weighted by atomic mass is 16.4. The van der Waals surface area contributed by atoms with Crippen LogP contribution in [0.15, 0.2) is 24.3 Å². The topological polar surface area (TPSA) is 66.4 Å². The smallest absolute Gasteiger partial charge is 0.326 e. The molecule has 0 aromatic heterocycles. The molecule has 0 bridgehead atoms. The van der Waals surface area contributed by atoms with Crippen molar-refractivity contribution in [3.63, 3.8) is 0 Å². The van der Waals surface area contributed by atoms with Crippen LogP contribution in [0.2, 0.25) is 0 Å². The van der Waals surface area contributed by atoms with Gasteiger partial charge >= 0.3 is 5.97 Å². The zero-order valence-electron chi connectivity index (χ0n) is 12.6. The number of carbonyl (C=O) groups excluding carboxylic acids is 1. The molecule has 4 nitrogen and oxygen atoms in total. The highest BCUT2D eigenvalue weighted by Crippen LogP contribution is 2.20. The standard InChI is InChI=1S/C16H23NO3/c1-5-16(3,4)15(20)17-13(14(18)19)10-12-8-6-11(2)7-9-12/h6-9,13H,5,10H2,1-4H3,(H,17,20)(H,18,19)/t13-/m1/s1. The highest BCUT2D eigenvalue weighted by Gasteiger charge is 2.29. The number of amides is 1. The summed E-state index contributed by atoms with van der Waals surface area (Å²) in [6.07, 6.45) is 0.955. The molecule has 2 N–H and O–H groups in total. The number of benzene rings is 1. The van der Waals surface area contributed by atoms with Crippen LogP contribution in [0.1, 0.15) is 38.3 Å². The molecule has 0 unspecified atom stereocenters. The summed E-state index contributed by atoms with van der Waals surface area (Å²) in [6, 6.07) is 6.76. The maximum atomic E-state index is 12.1. The van der Waals surface area contributed by atoms with Gasteiger partial charge in [0, 0.05) is 11.8 Å². The van der Waals surface area contributed by atoms with Gasteiger partial charge in [-0.3, -0.25) is 4.79 Å². The van der Waals surface area contributed by atoms with E-state index in [2.05, 4.69) is 5.32 Å². The van der Waals surface area contributed by atoms with Crippen LogP contribution in [-0.4, -0.2) is 23.0 Å². The lowest BCUT2D eigenvalue weighted by molar-refractivity contribution is -0.143. The lowest BCUT2D eigenvalue weighted by Gasteiger charge is -2.24. The molecule has 0 saturated heterocycles. The number of carboxylic acid groups (broad SMARTS) is 1. The van der Waals surface area contributed by atoms with Crippen LogP contribution in [0.25, 0.3) is 0 Å². The molecular weight excluding hydrogens is 254 g/mol. The molecule has 1 amide bonds. The summed E-state index contributed by atoms with van der Waals surface area (Å²) in [6.45, 7) is 7.51. The van der Waals surface area contributed by atoms with E-state index in [0.29, 0.717) is 12.8 Å². The van der Waals surface area contributed by atoms with Gasteiger partial charge in [-0.25, -0.2) is 4.79 Å². The first-order valence-corrected chi connectivity index (χ1v) is 6.85. The van der Waals surface area contributed by atoms with Crippen molar-refractivity contribution in [2.24, 2.45) is 5.41 Å². The molecule has 0 fully saturated rings. The van der Waals surface area contributed by atoms with E-state index in [9.17, 15) is 14.7 Å². The molecular formula is C16H23NO3. The monoisotopic (exact) mass is 277 g/mol. The fraction of sp³-hybridized carbons (Fsp3) is 0.500. The van der Waals surface area contributed by atoms with Gasteiger partial charge in [0.25, 0.3) is 0 Å². The lowest BCUT2D eigenvalue weighted by atomic mass is 9.88. The Morgan fingerprint density at radius 1 is 1.25 bits per heavy atom. The van der Waals surface area contributed by atoms with Crippen LogP contribution in [0.3, 0.4) is 0 Å². The van der Waals surface area contributed by atoms with Crippen molar-refractivity contribution in [2.75, 3.05) is 0 Å². The molecule has 0 aliphatic rings. The average Bonchev–Trinajstić information content (AvgIpc) is 2.40. The summed E-state index contributed by atoms with van der Waals surface area (Å²) in [5, 5.41) is 11.9. The van der Waals surface area contributed by atoms with Gasteiger partial charge in [-0.15, -0.1) is 0 Å². The number of aliphatic carboxylic acids is 1. The van der Waals surface area contributed by atoms with Gasteiger partial charge in [0.15, 0.2) is 0 Å². The Hall–Kier alpha value is -1.84. The fourth-order valence-corrected chi connectivity index (χ4v) is 1.67. The van der Waals surface area contributed by atoms with Crippen molar-refractivity contribution in [1.82, 2.24) is 5.32 Å². The predicted molar refractivity (Wildman–Crippen MR) is 78.5 cm³/mol. The van der Waals surface area contributed by atoms with Crippen LogP contribution >= 0.6 is 0 Å². The molecule has 20 heavy (non-hydrogen) atoms. The second-order valence-electron chi connectivity index (χ2n) is 5.79. The van der Waals surface area contributed by atoms with Crippen LogP contribution < -0.4 is 5.32 Å². The first-order chi connectivity index (χ1) is 9.26. The number of rotatable bonds is 6. The minimum Gasteiger partial charge on any atom is -0.480 e. The minimum atomic E-state index is -1.01. The molecule has 0 heterocycles. The third-order valence-corrected chi connectivity index (χ3v) is 3.66. The van der Waals surface area contributed by atoms with E-state index in [1.807, 2.05) is 52.0 Å². The van der Waals surface area contributed by atoms with Crippen LogP contribution in [0.4, 0.5) is 0 Å². The molecule has 1 aromatic carbocycles. The number of hydrogen-bond acceptors (Lipinski definition) is 2. The maximum Gasteiger partial charge on any atom is 0.326 e. The predicted octanol–water partition coefficient (Wildman–Crippen LogP) is 2.54. The Labute approximate surface area is 120 Å². The van der Waals surface area contributed by atoms with Crippen molar-refractivity contribution < 1.29 is 14.7 Å². The SMILES string of the molecule is CCC(C)(C)C(=O)N[C@H](Cc1ccc(C)cc1)C(=O)O. The molecule has 110 valence electrons. The molecule has 0 saturated carbocycles. The molecule has 0 aliphatic carbocycles. The Bertz CT molecular complexity index is 477. The van der Waals surface area contributed by atoms with Crippen molar-refractivity contribution in [1.29, 1.82) is 0 Å². The molecule has 1 atom stereocenters. The number of aryl methyl sites for hydroxylation is 1. The molecule has 1 aromatic rings. The van der Waals surface area contributed by atoms with E-state index in [0.717, 1.165) is 11.1 Å². The van der Waals surface area contributed by atoms with Crippen molar-refractivity contribution in [2.45, 2.75) is 46.6 Å². The molecule has 4 heteroatoms. The first-order valence-electron chi connectivity index (χ1n) is 6.85. The minimum absolute atomic E-state index is 0.223. The largest absolute Gasteiger partial charge is 0.480 e. The second-order valence-corrected chi connectivity index (χ2v) is 5.79. The molecule has 0 aliphatic heterocycles. The number of hydrogen-bond donors (Lipinski definition) is 2. The summed E-state index contributed by atoms with van der Waals surface area (Å²) in [7, 11) is 0. The van der Waals surface area contributed by atoms with Gasteiger partial charge in [-0.2, -0.15) is 0 Å². The number of nitrogens with one attached hydrogen (secondary N) is 1. The van der Waals surface area contributed by atoms with Crippen LogP contribution in [0.5, 0.6) is 0 Å². The van der Waals surface area contributed by atoms with Crippen LogP contribution in [-0.2, 0) is 16.0 Å². The Morgan fingerprint density at radius 2 is 1.80 bits per heavy atom. The van der Waals surface area contributed by atoms with E-state index in [1.54, 1.807) is 0 Å². The maximum absolute atomic E-state index is 12.1. The highest BCUT2D eigenvalue weighted by molar-refractivity contribution is 5.87. The summed E-state index contributed by atoms with van der Waals surface area (Å²) in [5.41, 5.74) is 1.47. The Kier molecular flexibility index (Phi) is 5.31. The van der Waals surface area contributed by atoms with Gasteiger partial charge < -0.3 is 10.4 Å². The van der Waals surface area contributed by atoms with Crippen molar-refractivity contribution in [3.05, 3.63) is 35.4 Å². The Balaban J connectivity index is 2.78. The van der Waals surface area contributed by atoms with E-state index in [4.69, 9.17) is 0 Å². The molecule has 1 rings (SSSR count). The second kappa shape index (κ2) is 6.55. The third-order valence-electron chi connectivity index (χ3n) is 3.66. The molecule has 0 radical (unpaired) electrons. The van der Waals surface area contributed by atoms with Gasteiger partial charge in [-0.1, -0.05) is 50.6 Å². The summed E-state index contributed by atoms with van der Waals surface area (Å²) >= 11 is 0. The van der Waals surface area contributed by atoms with Gasteiger partial charge in [0.2, 0.25) is 5.91 Å². The van der Waals surface area contributed by atoms with E-state index in [1.165, 1.54) is 0 Å². The van der Waals surface area contributed by atoms with Gasteiger partial charge in [0.1, 0.15) is 6.04 Å². The summed E-state index contributed by atoms with van der Waals surface area (Å²) in [4.78, 5) is 23.4. The summed E-state index contributed by atoms with van der Waals surface area (Å²) < 4.78 is 0. The van der Waals surface area contributed by atoms with E-state index < -0.39 is 17.4 Å². The van der Waals surface area contributed by atoms with Crippen molar-refractivity contribution >= 4 is 11.9 Å². The normalized spacial score (nSPS) is 12.8. The lowest BCUT2D eigenvalue weighted by Crippen LogP contribution is -2.47. The Morgan fingerprint density at radius 3 is 2.25 bits per heavy atom.